The van der Waals surface area contributed by atoms with E-state index >= 15 is 0 Å². The second-order valence-electron chi connectivity index (χ2n) is 4.94. The van der Waals surface area contributed by atoms with Crippen LogP contribution in [0.2, 0.25) is 0 Å². The van der Waals surface area contributed by atoms with E-state index in [0.717, 1.165) is 12.2 Å². The maximum Gasteiger partial charge on any atom is 0.119 e. The normalized spacial score (nSPS) is 24.5. The molecule has 1 aliphatic heterocycles. The van der Waals surface area contributed by atoms with Gasteiger partial charge in [-0.2, -0.15) is 0 Å². The lowest BCUT2D eigenvalue weighted by molar-refractivity contribution is 0.357. The molecule has 0 amide bonds. The second kappa shape index (κ2) is 5.09. The lowest BCUT2D eigenvalue weighted by Crippen LogP contribution is -2.05. The highest BCUT2D eigenvalue weighted by atomic mass is 16.6. The van der Waals surface area contributed by atoms with Crippen LogP contribution in [0.1, 0.15) is 43.7 Å². The molecular formula is C15H22O2. The highest BCUT2D eigenvalue weighted by molar-refractivity contribution is 5.37. The van der Waals surface area contributed by atoms with Crippen molar-refractivity contribution in [1.29, 1.82) is 0 Å². The minimum Gasteiger partial charge on any atom is -0.497 e. The first-order valence-corrected chi connectivity index (χ1v) is 6.45. The molecule has 0 spiro atoms. The molecule has 3 atom stereocenters. The number of aryl methyl sites for hydroxylation is 1. The average molecular weight is 234 g/mol. The maximum absolute atomic E-state index is 5.53. The van der Waals surface area contributed by atoms with Crippen molar-refractivity contribution < 1.29 is 9.47 Å². The van der Waals surface area contributed by atoms with E-state index in [1.165, 1.54) is 17.5 Å². The van der Waals surface area contributed by atoms with Crippen LogP contribution in [0.4, 0.5) is 0 Å². The number of benzene rings is 1. The minimum atomic E-state index is 0.461. The first-order chi connectivity index (χ1) is 8.15. The largest absolute Gasteiger partial charge is 0.497 e. The predicted octanol–water partition coefficient (Wildman–Crippen LogP) is 3.67. The maximum atomic E-state index is 5.53. The predicted molar refractivity (Wildman–Crippen MR) is 69.7 cm³/mol. The summed E-state index contributed by atoms with van der Waals surface area (Å²) >= 11 is 0. The Labute approximate surface area is 104 Å². The Morgan fingerprint density at radius 2 is 2.12 bits per heavy atom. The van der Waals surface area contributed by atoms with Crippen LogP contribution >= 0.6 is 0 Å². The lowest BCUT2D eigenvalue weighted by Gasteiger charge is -2.17. The molecule has 94 valence electrons. The molecule has 0 aliphatic carbocycles. The number of ether oxygens (including phenoxy) is 2. The number of hydrogen-bond acceptors (Lipinski definition) is 2. The SMILES string of the molecule is CCC(CC1OC1C)c1ccc(OC)cc1C. The first-order valence-electron chi connectivity index (χ1n) is 6.45. The van der Waals surface area contributed by atoms with E-state index in [9.17, 15) is 0 Å². The second-order valence-corrected chi connectivity index (χ2v) is 4.94. The van der Waals surface area contributed by atoms with Gasteiger partial charge in [0.25, 0.3) is 0 Å². The van der Waals surface area contributed by atoms with E-state index in [-0.39, 0.29) is 0 Å². The fourth-order valence-electron chi connectivity index (χ4n) is 2.50. The molecule has 17 heavy (non-hydrogen) atoms. The first kappa shape index (κ1) is 12.4. The van der Waals surface area contributed by atoms with E-state index < -0.39 is 0 Å². The molecule has 1 fully saturated rings. The van der Waals surface area contributed by atoms with Gasteiger partial charge in [-0.25, -0.2) is 0 Å². The van der Waals surface area contributed by atoms with Gasteiger partial charge in [-0.3, -0.25) is 0 Å². The molecule has 0 N–H and O–H groups in total. The van der Waals surface area contributed by atoms with Gasteiger partial charge in [0.2, 0.25) is 0 Å². The Morgan fingerprint density at radius 1 is 1.41 bits per heavy atom. The third kappa shape index (κ3) is 2.81. The van der Waals surface area contributed by atoms with Gasteiger partial charge in [-0.15, -0.1) is 0 Å². The average Bonchev–Trinajstić information content (AvgIpc) is 3.02. The molecule has 0 aromatic heterocycles. The third-order valence-corrected chi connectivity index (χ3v) is 3.76. The number of epoxide rings is 1. The molecule has 0 radical (unpaired) electrons. The van der Waals surface area contributed by atoms with Crippen LogP contribution in [0.15, 0.2) is 18.2 Å². The van der Waals surface area contributed by atoms with Crippen molar-refractivity contribution in [2.24, 2.45) is 0 Å². The van der Waals surface area contributed by atoms with Crippen molar-refractivity contribution in [3.8, 4) is 5.75 Å². The zero-order valence-corrected chi connectivity index (χ0v) is 11.2. The molecule has 2 nitrogen and oxygen atoms in total. The van der Waals surface area contributed by atoms with Crippen molar-refractivity contribution in [3.05, 3.63) is 29.3 Å². The van der Waals surface area contributed by atoms with Gasteiger partial charge >= 0.3 is 0 Å². The van der Waals surface area contributed by atoms with Gasteiger partial charge in [0.05, 0.1) is 19.3 Å². The third-order valence-electron chi connectivity index (χ3n) is 3.76. The fraction of sp³-hybridized carbons (Fsp3) is 0.600. The van der Waals surface area contributed by atoms with Crippen molar-refractivity contribution in [2.75, 3.05) is 7.11 Å². The number of rotatable bonds is 5. The quantitative estimate of drug-likeness (QED) is 0.725. The Morgan fingerprint density at radius 3 is 2.59 bits per heavy atom. The van der Waals surface area contributed by atoms with E-state index in [1.54, 1.807) is 7.11 Å². The topological polar surface area (TPSA) is 21.8 Å². The molecule has 1 aromatic rings. The molecule has 1 saturated heterocycles. The molecular weight excluding hydrogens is 212 g/mol. The van der Waals surface area contributed by atoms with Gasteiger partial charge < -0.3 is 9.47 Å². The standard InChI is InChI=1S/C15H22O2/c1-5-12(9-15-11(3)17-15)14-7-6-13(16-4)8-10(14)2/h6-8,11-12,15H,5,9H2,1-4H3. The summed E-state index contributed by atoms with van der Waals surface area (Å²) in [6, 6.07) is 6.38. The molecule has 2 rings (SSSR count). The highest BCUT2D eigenvalue weighted by Crippen LogP contribution is 2.36. The van der Waals surface area contributed by atoms with E-state index in [4.69, 9.17) is 9.47 Å². The summed E-state index contributed by atoms with van der Waals surface area (Å²) in [5.74, 6) is 1.55. The lowest BCUT2D eigenvalue weighted by atomic mass is 9.88. The minimum absolute atomic E-state index is 0.461. The van der Waals surface area contributed by atoms with Crippen molar-refractivity contribution in [2.45, 2.75) is 51.7 Å². The zero-order valence-electron chi connectivity index (χ0n) is 11.2. The molecule has 1 aliphatic rings. The smallest absolute Gasteiger partial charge is 0.119 e. The van der Waals surface area contributed by atoms with E-state index in [1.807, 2.05) is 0 Å². The summed E-state index contributed by atoms with van der Waals surface area (Å²) in [6.45, 7) is 6.57. The molecule has 2 heteroatoms. The number of methoxy groups -OCH3 is 1. The molecule has 3 unspecified atom stereocenters. The van der Waals surface area contributed by atoms with Gasteiger partial charge in [0.1, 0.15) is 5.75 Å². The van der Waals surface area contributed by atoms with Crippen LogP contribution in [-0.4, -0.2) is 19.3 Å². The van der Waals surface area contributed by atoms with Crippen LogP contribution in [0.25, 0.3) is 0 Å². The fourth-order valence-corrected chi connectivity index (χ4v) is 2.50. The Bertz CT molecular complexity index is 387. The van der Waals surface area contributed by atoms with Crippen LogP contribution < -0.4 is 4.74 Å². The van der Waals surface area contributed by atoms with E-state index in [2.05, 4.69) is 39.0 Å². The van der Waals surface area contributed by atoms with Gasteiger partial charge in [0.15, 0.2) is 0 Å². The molecule has 1 heterocycles. The summed E-state index contributed by atoms with van der Waals surface area (Å²) in [7, 11) is 1.71. The summed E-state index contributed by atoms with van der Waals surface area (Å²) in [5, 5.41) is 0. The molecule has 0 saturated carbocycles. The zero-order chi connectivity index (χ0) is 12.4. The van der Waals surface area contributed by atoms with Crippen LogP contribution in [0.5, 0.6) is 5.75 Å². The Balaban J connectivity index is 2.12. The Kier molecular flexibility index (Phi) is 3.72. The molecule has 0 bridgehead atoms. The van der Waals surface area contributed by atoms with Gasteiger partial charge in [0, 0.05) is 0 Å². The van der Waals surface area contributed by atoms with Crippen molar-refractivity contribution in [1.82, 2.24) is 0 Å². The summed E-state index contributed by atoms with van der Waals surface area (Å²) in [6.07, 6.45) is 3.24. The highest BCUT2D eigenvalue weighted by Gasteiger charge is 2.36. The van der Waals surface area contributed by atoms with Crippen molar-refractivity contribution in [3.63, 3.8) is 0 Å². The molecule has 1 aromatic carbocycles. The van der Waals surface area contributed by atoms with E-state index in [0.29, 0.717) is 18.1 Å². The Hall–Kier alpha value is -1.02. The van der Waals surface area contributed by atoms with Crippen LogP contribution in [-0.2, 0) is 4.74 Å². The van der Waals surface area contributed by atoms with Crippen molar-refractivity contribution >= 4 is 0 Å². The monoisotopic (exact) mass is 234 g/mol. The van der Waals surface area contributed by atoms with Gasteiger partial charge in [-0.1, -0.05) is 13.0 Å². The summed E-state index contributed by atoms with van der Waals surface area (Å²) in [4.78, 5) is 0. The van der Waals surface area contributed by atoms with Crippen LogP contribution in [0, 0.1) is 6.92 Å². The summed E-state index contributed by atoms with van der Waals surface area (Å²) in [5.41, 5.74) is 2.76. The number of hydrogen-bond donors (Lipinski definition) is 0. The van der Waals surface area contributed by atoms with Gasteiger partial charge in [-0.05, 0) is 55.9 Å². The van der Waals surface area contributed by atoms with Crippen LogP contribution in [0.3, 0.4) is 0 Å². The summed E-state index contributed by atoms with van der Waals surface area (Å²) < 4.78 is 10.8.